The molecule has 2 saturated carbocycles. The Bertz CT molecular complexity index is 718. The molecule has 2 aliphatic rings. The van der Waals surface area contributed by atoms with Crippen LogP contribution in [-0.4, -0.2) is 39.3 Å². The number of rotatable bonds is 7. The van der Waals surface area contributed by atoms with Crippen molar-refractivity contribution in [2.75, 3.05) is 6.54 Å². The predicted octanol–water partition coefficient (Wildman–Crippen LogP) is 3.39. The highest BCUT2D eigenvalue weighted by Crippen LogP contribution is 2.39. The summed E-state index contributed by atoms with van der Waals surface area (Å²) in [6, 6.07) is 11.0. The maximum Gasteiger partial charge on any atom is 0.317 e. The summed E-state index contributed by atoms with van der Waals surface area (Å²) in [5.41, 5.74) is 2.19. The molecule has 1 N–H and O–H groups in total. The maximum atomic E-state index is 12.6. The quantitative estimate of drug-likeness (QED) is 0.841. The molecule has 2 aliphatic carbocycles. The molecule has 0 unspecified atom stereocenters. The van der Waals surface area contributed by atoms with Crippen LogP contribution in [-0.2, 0) is 6.42 Å². The van der Waals surface area contributed by atoms with Crippen LogP contribution >= 0.6 is 0 Å². The van der Waals surface area contributed by atoms with Crippen LogP contribution < -0.4 is 5.32 Å². The second-order valence-electron chi connectivity index (χ2n) is 7.33. The van der Waals surface area contributed by atoms with Crippen molar-refractivity contribution in [2.24, 2.45) is 5.92 Å². The van der Waals surface area contributed by atoms with Crippen LogP contribution in [0.3, 0.4) is 0 Å². The van der Waals surface area contributed by atoms with Gasteiger partial charge in [0.15, 0.2) is 0 Å². The van der Waals surface area contributed by atoms with Gasteiger partial charge >= 0.3 is 6.03 Å². The summed E-state index contributed by atoms with van der Waals surface area (Å²) < 4.78 is 1.88. The number of carbonyl (C=O) groups excluding carboxylic acids is 1. The van der Waals surface area contributed by atoms with E-state index in [1.165, 1.54) is 12.8 Å². The zero-order valence-electron chi connectivity index (χ0n) is 14.8. The molecule has 1 atom stereocenters. The minimum atomic E-state index is 0.109. The smallest absolute Gasteiger partial charge is 0.317 e. The largest absolute Gasteiger partial charge is 0.338 e. The average Bonchev–Trinajstić information content (AvgIpc) is 3.55. The lowest BCUT2D eigenvalue weighted by Crippen LogP contribution is -2.47. The molecule has 132 valence electrons. The number of carbonyl (C=O) groups is 1. The monoisotopic (exact) mass is 338 g/mol. The standard InChI is InChI=1S/C20H26N4O/c1-15(17-7-8-17)24(19-9-10-19)20(25)21-12-11-16-13-22-23(14-16)18-5-3-2-4-6-18/h2-6,13-15,17,19H,7-12H2,1H3,(H,21,25)/t15-/m1/s1. The Kier molecular flexibility index (Phi) is 4.47. The van der Waals surface area contributed by atoms with Crippen LogP contribution in [0.25, 0.3) is 5.69 Å². The summed E-state index contributed by atoms with van der Waals surface area (Å²) in [6.07, 6.45) is 9.59. The fourth-order valence-corrected chi connectivity index (χ4v) is 3.46. The first kappa shape index (κ1) is 16.2. The molecule has 0 bridgehead atoms. The van der Waals surface area contributed by atoms with Crippen molar-refractivity contribution in [3.63, 3.8) is 0 Å². The summed E-state index contributed by atoms with van der Waals surface area (Å²) >= 11 is 0. The number of benzene rings is 1. The number of hydrogen-bond donors (Lipinski definition) is 1. The van der Waals surface area contributed by atoms with E-state index in [0.29, 0.717) is 18.6 Å². The van der Waals surface area contributed by atoms with Crippen LogP contribution in [0.1, 0.15) is 38.2 Å². The molecule has 25 heavy (non-hydrogen) atoms. The molecule has 0 radical (unpaired) electrons. The van der Waals surface area contributed by atoms with Crippen molar-refractivity contribution in [2.45, 2.75) is 51.1 Å². The third-order valence-corrected chi connectivity index (χ3v) is 5.26. The molecule has 0 aliphatic heterocycles. The Balaban J connectivity index is 1.30. The first-order chi connectivity index (χ1) is 12.2. The molecule has 5 nitrogen and oxygen atoms in total. The Hall–Kier alpha value is -2.30. The van der Waals surface area contributed by atoms with E-state index >= 15 is 0 Å². The van der Waals surface area contributed by atoms with Gasteiger partial charge in [-0.15, -0.1) is 0 Å². The molecule has 0 spiro atoms. The van der Waals surface area contributed by atoms with Crippen LogP contribution in [0, 0.1) is 5.92 Å². The maximum absolute atomic E-state index is 12.6. The predicted molar refractivity (Wildman–Crippen MR) is 97.7 cm³/mol. The summed E-state index contributed by atoms with van der Waals surface area (Å²) in [6.45, 7) is 2.86. The van der Waals surface area contributed by atoms with E-state index < -0.39 is 0 Å². The van der Waals surface area contributed by atoms with Gasteiger partial charge < -0.3 is 10.2 Å². The lowest BCUT2D eigenvalue weighted by atomic mass is 10.2. The van der Waals surface area contributed by atoms with Gasteiger partial charge in [-0.1, -0.05) is 18.2 Å². The molecule has 2 fully saturated rings. The SMILES string of the molecule is C[C@H](C1CC1)N(C(=O)NCCc1cnn(-c2ccccc2)c1)C1CC1. The Morgan fingerprint density at radius 2 is 2.04 bits per heavy atom. The zero-order chi connectivity index (χ0) is 17.2. The van der Waals surface area contributed by atoms with Crippen LogP contribution in [0.5, 0.6) is 0 Å². The fraction of sp³-hybridized carbons (Fsp3) is 0.500. The molecular weight excluding hydrogens is 312 g/mol. The lowest BCUT2D eigenvalue weighted by molar-refractivity contribution is 0.167. The molecule has 0 saturated heterocycles. The van der Waals surface area contributed by atoms with E-state index in [2.05, 4.69) is 22.2 Å². The minimum Gasteiger partial charge on any atom is -0.338 e. The molecule has 2 aromatic rings. The highest BCUT2D eigenvalue weighted by atomic mass is 16.2. The Morgan fingerprint density at radius 3 is 2.72 bits per heavy atom. The minimum absolute atomic E-state index is 0.109. The third-order valence-electron chi connectivity index (χ3n) is 5.26. The molecule has 4 rings (SSSR count). The average molecular weight is 338 g/mol. The Morgan fingerprint density at radius 1 is 1.28 bits per heavy atom. The first-order valence-electron chi connectivity index (χ1n) is 9.37. The second-order valence-corrected chi connectivity index (χ2v) is 7.33. The lowest BCUT2D eigenvalue weighted by Gasteiger charge is -2.29. The van der Waals surface area contributed by atoms with Crippen molar-refractivity contribution in [1.82, 2.24) is 20.0 Å². The van der Waals surface area contributed by atoms with Crippen molar-refractivity contribution in [3.05, 3.63) is 48.3 Å². The molecular formula is C20H26N4O. The van der Waals surface area contributed by atoms with Gasteiger partial charge in [0.1, 0.15) is 0 Å². The van der Waals surface area contributed by atoms with Gasteiger partial charge in [-0.2, -0.15) is 5.10 Å². The molecule has 1 aromatic heterocycles. The number of urea groups is 1. The van der Waals surface area contributed by atoms with E-state index in [4.69, 9.17) is 0 Å². The fourth-order valence-electron chi connectivity index (χ4n) is 3.46. The van der Waals surface area contributed by atoms with Gasteiger partial charge in [0.25, 0.3) is 0 Å². The molecule has 2 amide bonds. The topological polar surface area (TPSA) is 50.2 Å². The van der Waals surface area contributed by atoms with Gasteiger partial charge in [-0.3, -0.25) is 0 Å². The normalized spacial score (nSPS) is 18.0. The van der Waals surface area contributed by atoms with Gasteiger partial charge in [0, 0.05) is 24.8 Å². The number of aromatic nitrogens is 2. The highest BCUT2D eigenvalue weighted by Gasteiger charge is 2.41. The van der Waals surface area contributed by atoms with Crippen LogP contribution in [0.2, 0.25) is 0 Å². The zero-order valence-corrected chi connectivity index (χ0v) is 14.8. The highest BCUT2D eigenvalue weighted by molar-refractivity contribution is 5.75. The van der Waals surface area contributed by atoms with Crippen molar-refractivity contribution in [3.8, 4) is 5.69 Å². The van der Waals surface area contributed by atoms with E-state index in [9.17, 15) is 4.79 Å². The number of hydrogen-bond acceptors (Lipinski definition) is 2. The van der Waals surface area contributed by atoms with E-state index in [1.807, 2.05) is 47.4 Å². The first-order valence-corrected chi connectivity index (χ1v) is 9.37. The van der Waals surface area contributed by atoms with Gasteiger partial charge in [0.2, 0.25) is 0 Å². The summed E-state index contributed by atoms with van der Waals surface area (Å²) in [5.74, 6) is 0.718. The summed E-state index contributed by atoms with van der Waals surface area (Å²) in [5, 5.41) is 7.53. The van der Waals surface area contributed by atoms with Gasteiger partial charge in [-0.05, 0) is 62.6 Å². The summed E-state index contributed by atoms with van der Waals surface area (Å²) in [7, 11) is 0. The van der Waals surface area contributed by atoms with E-state index in [-0.39, 0.29) is 6.03 Å². The molecule has 1 aromatic carbocycles. The number of para-hydroxylation sites is 1. The molecule has 5 heteroatoms. The van der Waals surface area contributed by atoms with Crippen molar-refractivity contribution < 1.29 is 4.79 Å². The Labute approximate surface area is 149 Å². The number of nitrogens with one attached hydrogen (secondary N) is 1. The third kappa shape index (κ3) is 3.86. The second kappa shape index (κ2) is 6.90. The summed E-state index contributed by atoms with van der Waals surface area (Å²) in [4.78, 5) is 14.7. The van der Waals surface area contributed by atoms with Crippen LogP contribution in [0.4, 0.5) is 4.79 Å². The van der Waals surface area contributed by atoms with Crippen molar-refractivity contribution in [1.29, 1.82) is 0 Å². The molecule has 1 heterocycles. The van der Waals surface area contributed by atoms with E-state index in [0.717, 1.165) is 36.4 Å². The van der Waals surface area contributed by atoms with Gasteiger partial charge in [0.05, 0.1) is 11.9 Å². The van der Waals surface area contributed by atoms with Crippen LogP contribution in [0.15, 0.2) is 42.7 Å². The number of amides is 2. The van der Waals surface area contributed by atoms with E-state index in [1.54, 1.807) is 0 Å². The number of nitrogens with zero attached hydrogens (tertiary/aromatic N) is 3. The van der Waals surface area contributed by atoms with Gasteiger partial charge in [-0.25, -0.2) is 9.48 Å². The van der Waals surface area contributed by atoms with Crippen molar-refractivity contribution >= 4 is 6.03 Å².